The molecule has 2 nitrogen and oxygen atoms in total. The van der Waals surface area contributed by atoms with Gasteiger partial charge in [-0.15, -0.1) is 0 Å². The maximum absolute atomic E-state index is 12.9. The molecule has 0 aromatic heterocycles. The van der Waals surface area contributed by atoms with Crippen molar-refractivity contribution in [2.75, 3.05) is 7.11 Å². The fourth-order valence-corrected chi connectivity index (χ4v) is 2.23. The monoisotopic (exact) mass is 273 g/mol. The van der Waals surface area contributed by atoms with E-state index in [2.05, 4.69) is 5.32 Å². The molecule has 5 heteroatoms. The van der Waals surface area contributed by atoms with Gasteiger partial charge in [0.15, 0.2) is 0 Å². The van der Waals surface area contributed by atoms with Crippen LogP contribution in [0.2, 0.25) is 0 Å². The summed E-state index contributed by atoms with van der Waals surface area (Å²) in [5.74, 6) is 0.704. The molecule has 1 saturated carbocycles. The van der Waals surface area contributed by atoms with E-state index in [1.807, 2.05) is 19.1 Å². The lowest BCUT2D eigenvalue weighted by Crippen LogP contribution is -2.46. The van der Waals surface area contributed by atoms with Crippen LogP contribution in [0.3, 0.4) is 0 Å². The molecule has 2 rings (SSSR count). The van der Waals surface area contributed by atoms with Crippen molar-refractivity contribution in [3.63, 3.8) is 0 Å². The Morgan fingerprint density at radius 1 is 1.26 bits per heavy atom. The first-order valence-corrected chi connectivity index (χ1v) is 6.40. The summed E-state index contributed by atoms with van der Waals surface area (Å²) >= 11 is 0. The molecule has 106 valence electrons. The van der Waals surface area contributed by atoms with Crippen molar-refractivity contribution in [1.29, 1.82) is 0 Å². The van der Waals surface area contributed by atoms with Crippen molar-refractivity contribution in [2.45, 2.75) is 43.9 Å². The van der Waals surface area contributed by atoms with Crippen molar-refractivity contribution >= 4 is 0 Å². The Morgan fingerprint density at radius 2 is 1.84 bits per heavy atom. The van der Waals surface area contributed by atoms with E-state index in [0.717, 1.165) is 5.56 Å². The SMILES string of the molecule is CCC(NC1(C(F)(F)F)CC1)c1ccc(OC)cc1. The second-order valence-corrected chi connectivity index (χ2v) is 4.96. The average Bonchev–Trinajstić information content (AvgIpc) is 3.17. The molecule has 1 aliphatic rings. The first-order valence-electron chi connectivity index (χ1n) is 6.40. The lowest BCUT2D eigenvalue weighted by atomic mass is 10.0. The van der Waals surface area contributed by atoms with Crippen LogP contribution >= 0.6 is 0 Å². The summed E-state index contributed by atoms with van der Waals surface area (Å²) in [7, 11) is 1.56. The molecule has 1 N–H and O–H groups in total. The predicted octanol–water partition coefficient (Wildman–Crippen LogP) is 3.83. The third-order valence-electron chi connectivity index (χ3n) is 3.67. The molecule has 0 heterocycles. The van der Waals surface area contributed by atoms with Gasteiger partial charge < -0.3 is 4.74 Å². The number of methoxy groups -OCH3 is 1. The lowest BCUT2D eigenvalue weighted by Gasteiger charge is -2.27. The van der Waals surface area contributed by atoms with E-state index >= 15 is 0 Å². The second-order valence-electron chi connectivity index (χ2n) is 4.96. The number of alkyl halides is 3. The predicted molar refractivity (Wildman–Crippen MR) is 67.2 cm³/mol. The van der Waals surface area contributed by atoms with Gasteiger partial charge in [-0.3, -0.25) is 5.32 Å². The number of nitrogens with one attached hydrogen (secondary N) is 1. The molecule has 1 fully saturated rings. The largest absolute Gasteiger partial charge is 0.497 e. The van der Waals surface area contributed by atoms with Crippen LogP contribution in [0.15, 0.2) is 24.3 Å². The Labute approximate surface area is 111 Å². The number of hydrogen-bond acceptors (Lipinski definition) is 2. The topological polar surface area (TPSA) is 21.3 Å². The first-order chi connectivity index (χ1) is 8.92. The third kappa shape index (κ3) is 2.86. The first kappa shape index (κ1) is 14.2. The molecule has 0 radical (unpaired) electrons. The molecule has 19 heavy (non-hydrogen) atoms. The van der Waals surface area contributed by atoms with Gasteiger partial charge in [-0.2, -0.15) is 13.2 Å². The van der Waals surface area contributed by atoms with Crippen LogP contribution in [0.5, 0.6) is 5.75 Å². The van der Waals surface area contributed by atoms with Gasteiger partial charge >= 0.3 is 6.18 Å². The molecular formula is C14H18F3NO. The minimum Gasteiger partial charge on any atom is -0.497 e. The van der Waals surface area contributed by atoms with Crippen LogP contribution in [0.4, 0.5) is 13.2 Å². The minimum absolute atomic E-state index is 0.170. The highest BCUT2D eigenvalue weighted by Crippen LogP contribution is 2.50. The summed E-state index contributed by atoms with van der Waals surface area (Å²) in [6.45, 7) is 1.88. The summed E-state index contributed by atoms with van der Waals surface area (Å²) in [5.41, 5.74) is -0.813. The summed E-state index contributed by atoms with van der Waals surface area (Å²) in [6.07, 6.45) is -3.22. The Bertz CT molecular complexity index is 423. The minimum atomic E-state index is -4.17. The lowest BCUT2D eigenvalue weighted by molar-refractivity contribution is -0.168. The van der Waals surface area contributed by atoms with E-state index in [9.17, 15) is 13.2 Å². The number of benzene rings is 1. The maximum atomic E-state index is 12.9. The maximum Gasteiger partial charge on any atom is 0.406 e. The zero-order valence-corrected chi connectivity index (χ0v) is 11.1. The van der Waals surface area contributed by atoms with Crippen molar-refractivity contribution in [1.82, 2.24) is 5.32 Å². The van der Waals surface area contributed by atoms with Gasteiger partial charge in [0.05, 0.1) is 7.11 Å². The van der Waals surface area contributed by atoms with Gasteiger partial charge in [0.25, 0.3) is 0 Å². The molecule has 1 aromatic carbocycles. The molecule has 1 unspecified atom stereocenters. The van der Waals surface area contributed by atoms with Gasteiger partial charge in [-0.1, -0.05) is 19.1 Å². The fourth-order valence-electron chi connectivity index (χ4n) is 2.23. The number of ether oxygens (including phenoxy) is 1. The van der Waals surface area contributed by atoms with E-state index in [1.165, 1.54) is 0 Å². The zero-order valence-electron chi connectivity index (χ0n) is 11.1. The van der Waals surface area contributed by atoms with Crippen LogP contribution in [0.1, 0.15) is 37.8 Å². The van der Waals surface area contributed by atoms with Crippen molar-refractivity contribution < 1.29 is 17.9 Å². The molecule has 0 amide bonds. The van der Waals surface area contributed by atoms with Crippen LogP contribution in [-0.2, 0) is 0 Å². The van der Waals surface area contributed by atoms with Crippen molar-refractivity contribution in [3.05, 3.63) is 29.8 Å². The van der Waals surface area contributed by atoms with E-state index in [4.69, 9.17) is 4.74 Å². The normalized spacial score (nSPS) is 19.0. The second kappa shape index (κ2) is 5.04. The summed E-state index contributed by atoms with van der Waals surface area (Å²) < 4.78 is 43.9. The van der Waals surface area contributed by atoms with Gasteiger partial charge in [0.2, 0.25) is 0 Å². The molecule has 1 atom stereocenters. The zero-order chi connectivity index (χ0) is 14.1. The number of hydrogen-bond donors (Lipinski definition) is 1. The third-order valence-corrected chi connectivity index (χ3v) is 3.67. The van der Waals surface area contributed by atoms with Crippen LogP contribution in [-0.4, -0.2) is 18.8 Å². The molecular weight excluding hydrogens is 255 g/mol. The van der Waals surface area contributed by atoms with Crippen LogP contribution in [0.25, 0.3) is 0 Å². The van der Waals surface area contributed by atoms with Gasteiger partial charge in [-0.25, -0.2) is 0 Å². The number of rotatable bonds is 5. The van der Waals surface area contributed by atoms with Gasteiger partial charge in [-0.05, 0) is 37.0 Å². The highest BCUT2D eigenvalue weighted by atomic mass is 19.4. The Hall–Kier alpha value is -1.23. The Morgan fingerprint density at radius 3 is 2.21 bits per heavy atom. The van der Waals surface area contributed by atoms with E-state index in [0.29, 0.717) is 12.2 Å². The van der Waals surface area contributed by atoms with E-state index in [-0.39, 0.29) is 18.9 Å². The summed E-state index contributed by atoms with van der Waals surface area (Å²) in [4.78, 5) is 0. The van der Waals surface area contributed by atoms with Gasteiger partial charge in [0, 0.05) is 6.04 Å². The Kier molecular flexibility index (Phi) is 3.76. The molecule has 0 bridgehead atoms. The molecule has 0 aliphatic heterocycles. The van der Waals surface area contributed by atoms with Gasteiger partial charge in [0.1, 0.15) is 11.3 Å². The van der Waals surface area contributed by atoms with Crippen LogP contribution in [0, 0.1) is 0 Å². The quantitative estimate of drug-likeness (QED) is 0.880. The standard InChI is InChI=1S/C14H18F3NO/c1-3-12(10-4-6-11(19-2)7-5-10)18-13(8-9-13)14(15,16)17/h4-7,12,18H,3,8-9H2,1-2H3. The van der Waals surface area contributed by atoms with Crippen LogP contribution < -0.4 is 10.1 Å². The van der Waals surface area contributed by atoms with E-state index < -0.39 is 11.7 Å². The smallest absolute Gasteiger partial charge is 0.406 e. The average molecular weight is 273 g/mol. The fraction of sp³-hybridized carbons (Fsp3) is 0.571. The summed E-state index contributed by atoms with van der Waals surface area (Å²) in [6, 6.07) is 6.88. The molecule has 1 aromatic rings. The van der Waals surface area contributed by atoms with Crippen molar-refractivity contribution in [2.24, 2.45) is 0 Å². The van der Waals surface area contributed by atoms with Crippen molar-refractivity contribution in [3.8, 4) is 5.75 Å². The molecule has 0 saturated heterocycles. The highest BCUT2D eigenvalue weighted by molar-refractivity contribution is 5.29. The number of halogens is 3. The Balaban J connectivity index is 2.12. The van der Waals surface area contributed by atoms with E-state index in [1.54, 1.807) is 19.2 Å². The summed E-state index contributed by atoms with van der Waals surface area (Å²) in [5, 5.41) is 2.78. The molecule has 0 spiro atoms. The highest BCUT2D eigenvalue weighted by Gasteiger charge is 2.63. The molecule has 1 aliphatic carbocycles.